The number of aromatic nitrogens is 2. The average Bonchev–Trinajstić information content (AvgIpc) is 3.16. The highest BCUT2D eigenvalue weighted by Crippen LogP contribution is 2.41. The Morgan fingerprint density at radius 3 is 2.30 bits per heavy atom. The van der Waals surface area contributed by atoms with E-state index in [2.05, 4.69) is 25.9 Å². The van der Waals surface area contributed by atoms with E-state index in [9.17, 15) is 18.4 Å². The first-order chi connectivity index (χ1) is 26.7. The molecule has 4 aromatic carbocycles. The number of ether oxygens (including phenoxy) is 5. The zero-order valence-electron chi connectivity index (χ0n) is 31.9. The van der Waals surface area contributed by atoms with E-state index in [4.69, 9.17) is 28.8 Å². The molecule has 5 aromatic rings. The van der Waals surface area contributed by atoms with Gasteiger partial charge in [0.1, 0.15) is 23.9 Å². The number of anilines is 5. The fourth-order valence-electron chi connectivity index (χ4n) is 5.42. The van der Waals surface area contributed by atoms with Crippen LogP contribution in [0.2, 0.25) is 0 Å². The quantitative estimate of drug-likeness (QED) is 0.0484. The molecule has 2 atom stereocenters. The van der Waals surface area contributed by atoms with E-state index in [1.165, 1.54) is 34.4 Å². The van der Waals surface area contributed by atoms with Crippen LogP contribution in [0.5, 0.6) is 28.9 Å². The summed E-state index contributed by atoms with van der Waals surface area (Å²) in [6, 6.07) is 20.5. The largest absolute Gasteiger partial charge is 0.497 e. The lowest BCUT2D eigenvalue weighted by Gasteiger charge is -2.26. The highest BCUT2D eigenvalue weighted by molar-refractivity contribution is 7.80. The predicted molar refractivity (Wildman–Crippen MR) is 214 cm³/mol. The molecule has 1 heterocycles. The van der Waals surface area contributed by atoms with Crippen LogP contribution in [0, 0.1) is 0 Å². The molecule has 0 aliphatic heterocycles. The van der Waals surface area contributed by atoms with Crippen molar-refractivity contribution in [2.45, 2.75) is 39.2 Å². The number of benzene rings is 4. The van der Waals surface area contributed by atoms with Gasteiger partial charge in [-0.15, -0.1) is 0 Å². The minimum Gasteiger partial charge on any atom is -0.497 e. The van der Waals surface area contributed by atoms with Gasteiger partial charge in [0, 0.05) is 54.0 Å². The Bertz CT molecular complexity index is 2230. The highest BCUT2D eigenvalue weighted by Gasteiger charge is 2.24. The highest BCUT2D eigenvalue weighted by atomic mass is 32.2. The molecular formula is C39H44N6O10S. The van der Waals surface area contributed by atoms with Gasteiger partial charge in [-0.05, 0) is 42.2 Å². The number of amides is 2. The van der Waals surface area contributed by atoms with Crippen molar-refractivity contribution in [2.24, 2.45) is 0 Å². The Hall–Kier alpha value is -6.17. The van der Waals surface area contributed by atoms with Crippen molar-refractivity contribution in [3.05, 3.63) is 84.6 Å². The van der Waals surface area contributed by atoms with Gasteiger partial charge in [0.2, 0.25) is 11.8 Å². The SMILES string of the molecule is COc1cc(Nc2nccc(Oc3ccc(NC(=O)Nc4cc(C(C)(C)C)cc(N(C)S(=O)O)c4OC)c4ccccc34)n2)cc(OCCOC(C)C(=O)O)c1. The van der Waals surface area contributed by atoms with Crippen molar-refractivity contribution in [2.75, 3.05) is 54.7 Å². The van der Waals surface area contributed by atoms with Crippen molar-refractivity contribution in [1.82, 2.24) is 9.97 Å². The number of urea groups is 1. The van der Waals surface area contributed by atoms with E-state index in [-0.39, 0.29) is 36.2 Å². The number of rotatable bonds is 16. The van der Waals surface area contributed by atoms with Crippen LogP contribution < -0.4 is 39.2 Å². The minimum absolute atomic E-state index is 0.0754. The van der Waals surface area contributed by atoms with Gasteiger partial charge in [-0.1, -0.05) is 45.0 Å². The van der Waals surface area contributed by atoms with Crippen LogP contribution in [0.25, 0.3) is 10.8 Å². The van der Waals surface area contributed by atoms with Crippen LogP contribution in [0.4, 0.5) is 33.5 Å². The molecule has 17 heteroatoms. The topological polar surface area (TPSA) is 203 Å². The van der Waals surface area contributed by atoms with Gasteiger partial charge in [0.25, 0.3) is 11.3 Å². The number of carbonyl (C=O) groups excluding carboxylic acids is 1. The normalized spacial score (nSPS) is 12.3. The third-order valence-corrected chi connectivity index (χ3v) is 9.04. The summed E-state index contributed by atoms with van der Waals surface area (Å²) in [5, 5.41) is 19.3. The van der Waals surface area contributed by atoms with Crippen LogP contribution in [0.1, 0.15) is 33.3 Å². The van der Waals surface area contributed by atoms with Gasteiger partial charge in [-0.25, -0.2) is 18.8 Å². The van der Waals surface area contributed by atoms with Crippen LogP contribution in [-0.2, 0) is 26.2 Å². The summed E-state index contributed by atoms with van der Waals surface area (Å²) in [4.78, 5) is 33.3. The zero-order chi connectivity index (χ0) is 40.6. The van der Waals surface area contributed by atoms with Gasteiger partial charge in [-0.3, -0.25) is 8.86 Å². The van der Waals surface area contributed by atoms with E-state index in [0.717, 1.165) is 9.87 Å². The molecular weight excluding hydrogens is 745 g/mol. The first-order valence-electron chi connectivity index (χ1n) is 17.3. The molecule has 0 spiro atoms. The van der Waals surface area contributed by atoms with E-state index >= 15 is 0 Å². The summed E-state index contributed by atoms with van der Waals surface area (Å²) in [5.74, 6) is 1.06. The Morgan fingerprint density at radius 1 is 0.911 bits per heavy atom. The molecule has 16 nitrogen and oxygen atoms in total. The van der Waals surface area contributed by atoms with E-state index in [1.54, 1.807) is 48.5 Å². The van der Waals surface area contributed by atoms with E-state index < -0.39 is 29.4 Å². The molecule has 0 bridgehead atoms. The number of nitrogens with one attached hydrogen (secondary N) is 3. The van der Waals surface area contributed by atoms with Crippen molar-refractivity contribution in [1.29, 1.82) is 0 Å². The number of methoxy groups -OCH3 is 2. The molecule has 0 radical (unpaired) electrons. The van der Waals surface area contributed by atoms with Crippen molar-refractivity contribution in [3.63, 3.8) is 0 Å². The Labute approximate surface area is 326 Å². The van der Waals surface area contributed by atoms with E-state index in [1.807, 2.05) is 45.0 Å². The maximum absolute atomic E-state index is 13.5. The fourth-order valence-corrected chi connectivity index (χ4v) is 5.72. The van der Waals surface area contributed by atoms with Gasteiger partial charge in [-0.2, -0.15) is 4.98 Å². The second kappa shape index (κ2) is 18.0. The maximum atomic E-state index is 13.5. The molecule has 5 rings (SSSR count). The molecule has 0 aliphatic carbocycles. The minimum atomic E-state index is -2.33. The van der Waals surface area contributed by atoms with Crippen molar-refractivity contribution in [3.8, 4) is 28.9 Å². The fraction of sp³-hybridized carbons (Fsp3) is 0.282. The third kappa shape index (κ3) is 10.3. The lowest BCUT2D eigenvalue weighted by Crippen LogP contribution is -2.24. The number of aliphatic carboxylic acids is 1. The van der Waals surface area contributed by atoms with Crippen molar-refractivity contribution < 1.29 is 47.1 Å². The predicted octanol–water partition coefficient (Wildman–Crippen LogP) is 7.57. The van der Waals surface area contributed by atoms with Gasteiger partial charge < -0.3 is 44.7 Å². The molecule has 2 amide bonds. The first-order valence-corrected chi connectivity index (χ1v) is 18.3. The summed E-state index contributed by atoms with van der Waals surface area (Å²) in [6.45, 7) is 7.62. The molecule has 1 aromatic heterocycles. The number of fused-ring (bicyclic) bond motifs is 1. The second-order valence-electron chi connectivity index (χ2n) is 13.3. The molecule has 5 N–H and O–H groups in total. The molecule has 0 saturated heterocycles. The summed E-state index contributed by atoms with van der Waals surface area (Å²) >= 11 is -2.33. The Kier molecular flexibility index (Phi) is 13.2. The molecule has 0 aliphatic rings. The van der Waals surface area contributed by atoms with Crippen molar-refractivity contribution >= 4 is 62.7 Å². The van der Waals surface area contributed by atoms with Crippen LogP contribution in [-0.4, -0.2) is 76.4 Å². The average molecular weight is 789 g/mol. The number of carboxylic acids is 1. The Balaban J connectivity index is 1.33. The summed E-state index contributed by atoms with van der Waals surface area (Å²) in [7, 11) is 4.40. The standard InChI is InChI=1S/C39H44N6O10S/c1-23(36(46)47)53-16-17-54-27-21-25(20-26(22-27)51-6)41-37-40-15-14-34(44-37)55-33-13-12-30(28-10-8-9-11-29(28)33)42-38(48)43-31-18-24(39(2,3)4)19-32(35(31)52-7)45(5)56(49)50/h8-15,18-23H,16-17H2,1-7H3,(H,46,47)(H,49,50)(H,40,41,44)(H2,42,43,48). The number of nitrogens with zero attached hydrogens (tertiary/aromatic N) is 3. The molecule has 0 saturated carbocycles. The first kappa shape index (κ1) is 41.0. The lowest BCUT2D eigenvalue weighted by atomic mass is 9.86. The van der Waals surface area contributed by atoms with Crippen LogP contribution >= 0.6 is 0 Å². The van der Waals surface area contributed by atoms with Crippen LogP contribution in [0.3, 0.4) is 0 Å². The number of hydrogen-bond acceptors (Lipinski definition) is 11. The smallest absolute Gasteiger partial charge is 0.332 e. The van der Waals surface area contributed by atoms with Gasteiger partial charge in [0.05, 0.1) is 37.9 Å². The molecule has 2 unspecified atom stereocenters. The van der Waals surface area contributed by atoms with E-state index in [0.29, 0.717) is 50.8 Å². The monoisotopic (exact) mass is 788 g/mol. The van der Waals surface area contributed by atoms with Gasteiger partial charge in [0.15, 0.2) is 11.9 Å². The third-order valence-electron chi connectivity index (χ3n) is 8.38. The Morgan fingerprint density at radius 2 is 1.62 bits per heavy atom. The summed E-state index contributed by atoms with van der Waals surface area (Å²) in [6.07, 6.45) is 0.585. The molecule has 56 heavy (non-hydrogen) atoms. The number of hydrogen-bond donors (Lipinski definition) is 5. The zero-order valence-corrected chi connectivity index (χ0v) is 32.7. The second-order valence-corrected chi connectivity index (χ2v) is 14.3. The molecule has 0 fully saturated rings. The number of carboxylic acid groups (broad SMARTS) is 1. The van der Waals surface area contributed by atoms with Crippen LogP contribution in [0.15, 0.2) is 79.0 Å². The lowest BCUT2D eigenvalue weighted by molar-refractivity contribution is -0.149. The van der Waals surface area contributed by atoms with Gasteiger partial charge >= 0.3 is 12.0 Å². The molecule has 296 valence electrons. The summed E-state index contributed by atoms with van der Waals surface area (Å²) in [5.41, 5.74) is 2.16. The number of carbonyl (C=O) groups is 2. The maximum Gasteiger partial charge on any atom is 0.332 e. The summed E-state index contributed by atoms with van der Waals surface area (Å²) < 4.78 is 51.2.